The number of benzene rings is 2. The number of hydrogen-bond acceptors (Lipinski definition) is 5. The number of anilines is 2. The van der Waals surface area contributed by atoms with Crippen LogP contribution in [0.15, 0.2) is 48.5 Å². The largest absolute Gasteiger partial charge is 0.452 e. The second kappa shape index (κ2) is 8.64. The van der Waals surface area contributed by atoms with E-state index < -0.39 is 24.3 Å². The Kier molecular flexibility index (Phi) is 6.01. The summed E-state index contributed by atoms with van der Waals surface area (Å²) in [5, 5.41) is 0. The van der Waals surface area contributed by atoms with Gasteiger partial charge < -0.3 is 9.64 Å². The van der Waals surface area contributed by atoms with E-state index in [4.69, 9.17) is 4.74 Å². The highest BCUT2D eigenvalue weighted by Gasteiger charge is 2.30. The number of carbonyl (C=O) groups is 4. The lowest BCUT2D eigenvalue weighted by Crippen LogP contribution is -2.34. The SMILES string of the molecule is CCN(C(=O)COC(=O)c1cccc(N2C(=O)CCC2=O)c1)c1ccc(F)cc1. The topological polar surface area (TPSA) is 84.0 Å². The van der Waals surface area contributed by atoms with Gasteiger partial charge in [0.2, 0.25) is 11.8 Å². The van der Waals surface area contributed by atoms with Gasteiger partial charge in [-0.05, 0) is 49.4 Å². The number of esters is 1. The zero-order valence-electron chi connectivity index (χ0n) is 15.8. The number of rotatable bonds is 6. The summed E-state index contributed by atoms with van der Waals surface area (Å²) in [7, 11) is 0. The molecule has 3 amide bonds. The highest BCUT2D eigenvalue weighted by atomic mass is 19.1. The first-order valence-corrected chi connectivity index (χ1v) is 9.09. The maximum atomic E-state index is 13.1. The molecule has 1 saturated heterocycles. The summed E-state index contributed by atoms with van der Waals surface area (Å²) in [6.07, 6.45) is 0.274. The summed E-state index contributed by atoms with van der Waals surface area (Å²) in [6.45, 7) is 1.56. The third-order valence-electron chi connectivity index (χ3n) is 4.47. The lowest BCUT2D eigenvalue weighted by Gasteiger charge is -2.21. The fraction of sp³-hybridized carbons (Fsp3) is 0.238. The summed E-state index contributed by atoms with van der Waals surface area (Å²) >= 11 is 0. The van der Waals surface area contributed by atoms with Crippen LogP contribution in [-0.2, 0) is 19.1 Å². The standard InChI is InChI=1S/C21H19FN2O5/c1-2-23(16-8-6-15(22)7-9-16)20(27)13-29-21(28)14-4-3-5-17(12-14)24-18(25)10-11-19(24)26/h3-9,12H,2,10-11,13H2,1H3. The van der Waals surface area contributed by atoms with Gasteiger partial charge in [0.15, 0.2) is 6.61 Å². The van der Waals surface area contributed by atoms with Gasteiger partial charge in [-0.2, -0.15) is 0 Å². The first-order chi connectivity index (χ1) is 13.9. The number of carbonyl (C=O) groups excluding carboxylic acids is 4. The van der Waals surface area contributed by atoms with Gasteiger partial charge in [0.05, 0.1) is 11.3 Å². The Morgan fingerprint density at radius 3 is 2.34 bits per heavy atom. The van der Waals surface area contributed by atoms with Crippen molar-refractivity contribution in [1.82, 2.24) is 0 Å². The molecule has 8 heteroatoms. The van der Waals surface area contributed by atoms with Gasteiger partial charge in [0, 0.05) is 25.1 Å². The number of halogens is 1. The van der Waals surface area contributed by atoms with Crippen molar-refractivity contribution >= 4 is 35.1 Å². The van der Waals surface area contributed by atoms with Crippen molar-refractivity contribution in [2.75, 3.05) is 23.0 Å². The Balaban J connectivity index is 1.66. The smallest absolute Gasteiger partial charge is 0.338 e. The minimum Gasteiger partial charge on any atom is -0.452 e. The monoisotopic (exact) mass is 398 g/mol. The Hall–Kier alpha value is -3.55. The van der Waals surface area contributed by atoms with Crippen molar-refractivity contribution < 1.29 is 28.3 Å². The molecule has 0 atom stereocenters. The normalized spacial score (nSPS) is 13.5. The zero-order chi connectivity index (χ0) is 21.0. The third kappa shape index (κ3) is 4.48. The lowest BCUT2D eigenvalue weighted by molar-refractivity contribution is -0.122. The van der Waals surface area contributed by atoms with Crippen molar-refractivity contribution in [2.24, 2.45) is 0 Å². The minimum absolute atomic E-state index is 0.118. The molecule has 1 heterocycles. The first kappa shape index (κ1) is 20.2. The van der Waals surface area contributed by atoms with Gasteiger partial charge in [0.1, 0.15) is 5.82 Å². The van der Waals surface area contributed by atoms with E-state index in [1.165, 1.54) is 47.4 Å². The molecule has 2 aromatic rings. The van der Waals surface area contributed by atoms with Crippen molar-refractivity contribution in [1.29, 1.82) is 0 Å². The van der Waals surface area contributed by atoms with Crippen LogP contribution in [0.2, 0.25) is 0 Å². The highest BCUT2D eigenvalue weighted by molar-refractivity contribution is 6.20. The molecule has 0 radical (unpaired) electrons. The van der Waals surface area contributed by atoms with Crippen molar-refractivity contribution in [3.63, 3.8) is 0 Å². The van der Waals surface area contributed by atoms with Crippen LogP contribution in [-0.4, -0.2) is 36.8 Å². The Bertz CT molecular complexity index is 942. The molecule has 1 fully saturated rings. The molecule has 1 aliphatic heterocycles. The summed E-state index contributed by atoms with van der Waals surface area (Å²) < 4.78 is 18.2. The second-order valence-corrected chi connectivity index (χ2v) is 6.36. The number of amides is 3. The van der Waals surface area contributed by atoms with E-state index in [1.807, 2.05) is 0 Å². The fourth-order valence-corrected chi connectivity index (χ4v) is 3.05. The molecule has 0 bridgehead atoms. The van der Waals surface area contributed by atoms with Gasteiger partial charge >= 0.3 is 5.97 Å². The molecule has 0 N–H and O–H groups in total. The van der Waals surface area contributed by atoms with E-state index in [1.54, 1.807) is 13.0 Å². The van der Waals surface area contributed by atoms with E-state index in [2.05, 4.69) is 0 Å². The van der Waals surface area contributed by atoms with Crippen molar-refractivity contribution in [3.05, 3.63) is 59.9 Å². The number of nitrogens with zero attached hydrogens (tertiary/aromatic N) is 2. The minimum atomic E-state index is -0.755. The predicted molar refractivity (Wildman–Crippen MR) is 103 cm³/mol. The molecule has 7 nitrogen and oxygen atoms in total. The number of ether oxygens (including phenoxy) is 1. The van der Waals surface area contributed by atoms with Gasteiger partial charge in [-0.25, -0.2) is 9.18 Å². The van der Waals surface area contributed by atoms with E-state index in [-0.39, 0.29) is 30.2 Å². The molecule has 3 rings (SSSR count). The summed E-state index contributed by atoms with van der Waals surface area (Å²) in [4.78, 5) is 50.9. The molecule has 0 saturated carbocycles. The van der Waals surface area contributed by atoms with E-state index in [0.29, 0.717) is 17.9 Å². The molecular formula is C21H19FN2O5. The van der Waals surface area contributed by atoms with Crippen LogP contribution >= 0.6 is 0 Å². The van der Waals surface area contributed by atoms with Crippen LogP contribution in [0, 0.1) is 5.82 Å². The maximum Gasteiger partial charge on any atom is 0.338 e. The fourth-order valence-electron chi connectivity index (χ4n) is 3.05. The summed E-state index contributed by atoms with van der Waals surface area (Å²) in [6, 6.07) is 11.3. The summed E-state index contributed by atoms with van der Waals surface area (Å²) in [5.74, 6) is -2.29. The first-order valence-electron chi connectivity index (χ1n) is 9.09. The number of imide groups is 1. The van der Waals surface area contributed by atoms with Gasteiger partial charge in [-0.15, -0.1) is 0 Å². The van der Waals surface area contributed by atoms with Crippen LogP contribution in [0.5, 0.6) is 0 Å². The number of likely N-dealkylation sites (N-methyl/N-ethyl adjacent to an activating group) is 1. The van der Waals surface area contributed by atoms with Crippen LogP contribution < -0.4 is 9.80 Å². The quantitative estimate of drug-likeness (QED) is 0.552. The molecular weight excluding hydrogens is 379 g/mol. The van der Waals surface area contributed by atoms with Crippen LogP contribution in [0.1, 0.15) is 30.1 Å². The molecule has 0 aliphatic carbocycles. The third-order valence-corrected chi connectivity index (χ3v) is 4.47. The molecule has 29 heavy (non-hydrogen) atoms. The van der Waals surface area contributed by atoms with Crippen molar-refractivity contribution in [3.8, 4) is 0 Å². The van der Waals surface area contributed by atoms with Gasteiger partial charge in [-0.3, -0.25) is 19.3 Å². The maximum absolute atomic E-state index is 13.1. The van der Waals surface area contributed by atoms with Gasteiger partial charge in [-0.1, -0.05) is 6.07 Å². The zero-order valence-corrected chi connectivity index (χ0v) is 15.8. The molecule has 150 valence electrons. The Morgan fingerprint density at radius 1 is 1.07 bits per heavy atom. The average molecular weight is 398 g/mol. The Morgan fingerprint density at radius 2 is 1.72 bits per heavy atom. The van der Waals surface area contributed by atoms with Crippen LogP contribution in [0.25, 0.3) is 0 Å². The van der Waals surface area contributed by atoms with E-state index in [9.17, 15) is 23.6 Å². The molecule has 2 aromatic carbocycles. The van der Waals surface area contributed by atoms with Gasteiger partial charge in [0.25, 0.3) is 5.91 Å². The average Bonchev–Trinajstić information content (AvgIpc) is 3.06. The predicted octanol–water partition coefficient (Wildman–Crippen LogP) is 2.69. The Labute approximate surface area is 166 Å². The highest BCUT2D eigenvalue weighted by Crippen LogP contribution is 2.23. The van der Waals surface area contributed by atoms with Crippen LogP contribution in [0.3, 0.4) is 0 Å². The summed E-state index contributed by atoms with van der Waals surface area (Å²) in [5.41, 5.74) is 0.899. The second-order valence-electron chi connectivity index (χ2n) is 6.36. The molecule has 0 spiro atoms. The van der Waals surface area contributed by atoms with Crippen molar-refractivity contribution in [2.45, 2.75) is 19.8 Å². The van der Waals surface area contributed by atoms with Crippen LogP contribution in [0.4, 0.5) is 15.8 Å². The van der Waals surface area contributed by atoms with E-state index in [0.717, 1.165) is 4.90 Å². The molecule has 0 unspecified atom stereocenters. The number of hydrogen-bond donors (Lipinski definition) is 0. The van der Waals surface area contributed by atoms with E-state index >= 15 is 0 Å². The molecule has 1 aliphatic rings. The lowest BCUT2D eigenvalue weighted by atomic mass is 10.2. The molecule has 0 aromatic heterocycles.